The summed E-state index contributed by atoms with van der Waals surface area (Å²) in [4.78, 5) is 11.9. The third kappa shape index (κ3) is 2.85. The van der Waals surface area contributed by atoms with Crippen molar-refractivity contribution in [1.29, 1.82) is 0 Å². The molecule has 0 aromatic carbocycles. The number of carbonyl (C=O) groups excluding carboxylic acids is 1. The Bertz CT molecular complexity index is 557. The van der Waals surface area contributed by atoms with Crippen LogP contribution in [0.5, 0.6) is 0 Å². The summed E-state index contributed by atoms with van der Waals surface area (Å²) in [6.45, 7) is 2.49. The van der Waals surface area contributed by atoms with Gasteiger partial charge in [-0.3, -0.25) is 0 Å². The second-order valence-electron chi connectivity index (χ2n) is 3.89. The van der Waals surface area contributed by atoms with Gasteiger partial charge in [0, 0.05) is 22.5 Å². The lowest BCUT2D eigenvalue weighted by Crippen LogP contribution is -2.18. The van der Waals surface area contributed by atoms with E-state index >= 15 is 0 Å². The fraction of sp³-hybridized carbons (Fsp3) is 0.500. The summed E-state index contributed by atoms with van der Waals surface area (Å²) < 4.78 is 32.8. The number of esters is 1. The van der Waals surface area contributed by atoms with Gasteiger partial charge in [-0.1, -0.05) is 0 Å². The van der Waals surface area contributed by atoms with Crippen molar-refractivity contribution >= 4 is 37.0 Å². The van der Waals surface area contributed by atoms with E-state index in [-0.39, 0.29) is 15.9 Å². The summed E-state index contributed by atoms with van der Waals surface area (Å²) in [5.74, 6) is -0.536. The molecule has 1 atom stereocenters. The van der Waals surface area contributed by atoms with E-state index in [2.05, 4.69) is 0 Å². The Kier molecular flexibility index (Phi) is 3.96. The molecule has 0 amide bonds. The molecule has 0 spiro atoms. The van der Waals surface area contributed by atoms with Crippen LogP contribution >= 0.6 is 22.0 Å². The molecule has 1 aromatic rings. The highest BCUT2D eigenvalue weighted by atomic mass is 35.7. The second kappa shape index (κ2) is 5.16. The SMILES string of the molecule is Cc1c(C(=O)OC2CCOC2)csc1S(=O)(=O)Cl. The van der Waals surface area contributed by atoms with E-state index in [4.69, 9.17) is 20.2 Å². The van der Waals surface area contributed by atoms with Gasteiger partial charge < -0.3 is 9.47 Å². The molecule has 0 radical (unpaired) electrons. The Balaban J connectivity index is 2.18. The van der Waals surface area contributed by atoms with Gasteiger partial charge in [0.25, 0.3) is 9.05 Å². The lowest BCUT2D eigenvalue weighted by atomic mass is 10.2. The van der Waals surface area contributed by atoms with Crippen LogP contribution in [0.2, 0.25) is 0 Å². The summed E-state index contributed by atoms with van der Waals surface area (Å²) in [5, 5.41) is 1.45. The average molecular weight is 311 g/mol. The van der Waals surface area contributed by atoms with Crippen LogP contribution < -0.4 is 0 Å². The molecule has 18 heavy (non-hydrogen) atoms. The van der Waals surface area contributed by atoms with E-state index < -0.39 is 15.0 Å². The highest BCUT2D eigenvalue weighted by molar-refractivity contribution is 8.15. The average Bonchev–Trinajstić information content (AvgIpc) is 2.85. The molecule has 5 nitrogen and oxygen atoms in total. The highest BCUT2D eigenvalue weighted by Gasteiger charge is 2.26. The van der Waals surface area contributed by atoms with Gasteiger partial charge >= 0.3 is 5.97 Å². The predicted octanol–water partition coefficient (Wildman–Crippen LogP) is 1.93. The van der Waals surface area contributed by atoms with Gasteiger partial charge in [-0.05, 0) is 12.5 Å². The zero-order valence-corrected chi connectivity index (χ0v) is 11.9. The number of thiophene rings is 1. The van der Waals surface area contributed by atoms with E-state index in [1.165, 1.54) is 12.3 Å². The van der Waals surface area contributed by atoms with Crippen molar-refractivity contribution in [3.8, 4) is 0 Å². The minimum atomic E-state index is -3.82. The monoisotopic (exact) mass is 310 g/mol. The summed E-state index contributed by atoms with van der Waals surface area (Å²) in [5.41, 5.74) is 0.574. The molecule has 1 aliphatic heterocycles. The molecule has 2 heterocycles. The normalized spacial score (nSPS) is 20.0. The van der Waals surface area contributed by atoms with Crippen LogP contribution in [0.25, 0.3) is 0 Å². The Labute approximate surface area is 113 Å². The third-order valence-corrected chi connectivity index (χ3v) is 5.90. The molecule has 1 aliphatic rings. The number of hydrogen-bond acceptors (Lipinski definition) is 6. The zero-order chi connectivity index (χ0) is 13.3. The largest absolute Gasteiger partial charge is 0.456 e. The predicted molar refractivity (Wildman–Crippen MR) is 66.7 cm³/mol. The van der Waals surface area contributed by atoms with Gasteiger partial charge in [0.1, 0.15) is 10.3 Å². The first kappa shape index (κ1) is 13.8. The molecule has 1 fully saturated rings. The van der Waals surface area contributed by atoms with Crippen molar-refractivity contribution in [2.75, 3.05) is 13.2 Å². The van der Waals surface area contributed by atoms with Crippen molar-refractivity contribution < 1.29 is 22.7 Å². The summed E-state index contributed by atoms with van der Waals surface area (Å²) in [6.07, 6.45) is 0.406. The van der Waals surface area contributed by atoms with Gasteiger partial charge in [-0.25, -0.2) is 13.2 Å². The summed E-state index contributed by atoms with van der Waals surface area (Å²) >= 11 is 0.917. The highest BCUT2D eigenvalue weighted by Crippen LogP contribution is 2.30. The number of hydrogen-bond donors (Lipinski definition) is 0. The van der Waals surface area contributed by atoms with E-state index in [0.29, 0.717) is 25.2 Å². The summed E-state index contributed by atoms with van der Waals surface area (Å²) in [7, 11) is 1.45. The second-order valence-corrected chi connectivity index (χ2v) is 7.53. The molecule has 1 aromatic heterocycles. The molecule has 2 rings (SSSR count). The molecule has 0 bridgehead atoms. The van der Waals surface area contributed by atoms with E-state index in [9.17, 15) is 13.2 Å². The number of rotatable bonds is 3. The minimum Gasteiger partial charge on any atom is -0.456 e. The molecule has 1 unspecified atom stereocenters. The minimum absolute atomic E-state index is 0.0150. The molecule has 0 aliphatic carbocycles. The molecule has 1 saturated heterocycles. The molecule has 8 heteroatoms. The molecule has 0 N–H and O–H groups in total. The first-order valence-electron chi connectivity index (χ1n) is 5.21. The lowest BCUT2D eigenvalue weighted by molar-refractivity contribution is 0.0270. The quantitative estimate of drug-likeness (QED) is 0.630. The molecular weight excluding hydrogens is 300 g/mol. The Morgan fingerprint density at radius 3 is 2.83 bits per heavy atom. The van der Waals surface area contributed by atoms with E-state index in [1.807, 2.05) is 0 Å². The van der Waals surface area contributed by atoms with Crippen LogP contribution in [0.1, 0.15) is 22.3 Å². The maximum atomic E-state index is 11.9. The van der Waals surface area contributed by atoms with Crippen LogP contribution in [-0.2, 0) is 18.5 Å². The van der Waals surface area contributed by atoms with Crippen LogP contribution in [0.4, 0.5) is 0 Å². The van der Waals surface area contributed by atoms with Crippen LogP contribution in [0, 0.1) is 6.92 Å². The topological polar surface area (TPSA) is 69.7 Å². The van der Waals surface area contributed by atoms with Crippen molar-refractivity contribution in [3.05, 3.63) is 16.5 Å². The maximum Gasteiger partial charge on any atom is 0.339 e. The zero-order valence-electron chi connectivity index (χ0n) is 9.51. The first-order valence-corrected chi connectivity index (χ1v) is 8.40. The number of carbonyl (C=O) groups is 1. The lowest BCUT2D eigenvalue weighted by Gasteiger charge is -2.09. The Hall–Kier alpha value is -0.630. The van der Waals surface area contributed by atoms with Crippen molar-refractivity contribution in [3.63, 3.8) is 0 Å². The Morgan fingerprint density at radius 1 is 1.61 bits per heavy atom. The molecule has 0 saturated carbocycles. The van der Waals surface area contributed by atoms with Gasteiger partial charge in [0.05, 0.1) is 18.8 Å². The van der Waals surface area contributed by atoms with Crippen LogP contribution in [-0.4, -0.2) is 33.7 Å². The van der Waals surface area contributed by atoms with Gasteiger partial charge in [-0.2, -0.15) is 0 Å². The van der Waals surface area contributed by atoms with Gasteiger partial charge in [-0.15, -0.1) is 11.3 Å². The molecule has 100 valence electrons. The maximum absolute atomic E-state index is 11.9. The van der Waals surface area contributed by atoms with Crippen LogP contribution in [0.15, 0.2) is 9.59 Å². The molecular formula is C10H11ClO5S2. The van der Waals surface area contributed by atoms with Crippen molar-refractivity contribution in [2.24, 2.45) is 0 Å². The first-order chi connectivity index (χ1) is 8.39. The van der Waals surface area contributed by atoms with Crippen LogP contribution in [0.3, 0.4) is 0 Å². The standard InChI is InChI=1S/C10H11ClO5S2/c1-6-8(5-17-10(6)18(11,13)14)9(12)16-7-2-3-15-4-7/h5,7H,2-4H2,1H3. The fourth-order valence-corrected chi connectivity index (χ4v) is 4.20. The summed E-state index contributed by atoms with van der Waals surface area (Å²) in [6, 6.07) is 0. The number of ether oxygens (including phenoxy) is 2. The van der Waals surface area contributed by atoms with E-state index in [0.717, 1.165) is 11.3 Å². The fourth-order valence-electron chi connectivity index (χ4n) is 1.66. The number of halogens is 1. The van der Waals surface area contributed by atoms with Gasteiger partial charge in [0.2, 0.25) is 0 Å². The third-order valence-electron chi connectivity index (χ3n) is 2.60. The smallest absolute Gasteiger partial charge is 0.339 e. The van der Waals surface area contributed by atoms with Crippen molar-refractivity contribution in [1.82, 2.24) is 0 Å². The van der Waals surface area contributed by atoms with Gasteiger partial charge in [0.15, 0.2) is 0 Å². The van der Waals surface area contributed by atoms with Crippen molar-refractivity contribution in [2.45, 2.75) is 23.7 Å². The Morgan fingerprint density at radius 2 is 2.33 bits per heavy atom. The van der Waals surface area contributed by atoms with E-state index in [1.54, 1.807) is 0 Å².